The average molecular weight is 310 g/mol. The molecule has 23 heavy (non-hydrogen) atoms. The van der Waals surface area contributed by atoms with Crippen molar-refractivity contribution < 1.29 is 9.15 Å². The molecule has 1 fully saturated rings. The Morgan fingerprint density at radius 1 is 1.26 bits per heavy atom. The van der Waals surface area contributed by atoms with Gasteiger partial charge in [-0.1, -0.05) is 31.9 Å². The van der Waals surface area contributed by atoms with Crippen molar-refractivity contribution >= 4 is 17.0 Å². The summed E-state index contributed by atoms with van der Waals surface area (Å²) >= 11 is 0. The maximum Gasteiger partial charge on any atom is 0.135 e. The first-order valence-electron chi connectivity index (χ1n) is 8.63. The quantitative estimate of drug-likeness (QED) is 0.605. The Morgan fingerprint density at radius 2 is 2.04 bits per heavy atom. The Morgan fingerprint density at radius 3 is 2.78 bits per heavy atom. The van der Waals surface area contributed by atoms with E-state index in [0.29, 0.717) is 0 Å². The molecular weight excluding hydrogens is 284 g/mol. The lowest BCUT2D eigenvalue weighted by atomic mass is 9.90. The Kier molecular flexibility index (Phi) is 4.90. The van der Waals surface area contributed by atoms with Crippen LogP contribution in [0.1, 0.15) is 50.4 Å². The van der Waals surface area contributed by atoms with E-state index in [-0.39, 0.29) is 0 Å². The van der Waals surface area contributed by atoms with Crippen LogP contribution < -0.4 is 4.74 Å². The third-order valence-corrected chi connectivity index (χ3v) is 4.72. The highest BCUT2D eigenvalue weighted by atomic mass is 16.5. The van der Waals surface area contributed by atoms with Crippen molar-refractivity contribution in [2.75, 3.05) is 6.61 Å². The normalized spacial score (nSPS) is 16.7. The van der Waals surface area contributed by atoms with Crippen LogP contribution in [0, 0.1) is 12.8 Å². The maximum atomic E-state index is 6.12. The molecule has 0 radical (unpaired) electrons. The molecule has 2 nitrogen and oxygen atoms in total. The Hall–Kier alpha value is -1.96. The van der Waals surface area contributed by atoms with Gasteiger partial charge in [-0.3, -0.25) is 0 Å². The van der Waals surface area contributed by atoms with Crippen LogP contribution in [-0.2, 0) is 0 Å². The Balaban J connectivity index is 1.78. The van der Waals surface area contributed by atoms with Crippen molar-refractivity contribution in [2.24, 2.45) is 5.92 Å². The lowest BCUT2D eigenvalue weighted by Crippen LogP contribution is -2.15. The minimum Gasteiger partial charge on any atom is -0.493 e. The van der Waals surface area contributed by atoms with Gasteiger partial charge in [-0.25, -0.2) is 0 Å². The van der Waals surface area contributed by atoms with Crippen molar-refractivity contribution in [3.63, 3.8) is 0 Å². The molecule has 1 saturated carbocycles. The van der Waals surface area contributed by atoms with Gasteiger partial charge < -0.3 is 9.15 Å². The van der Waals surface area contributed by atoms with E-state index < -0.39 is 0 Å². The number of fused-ring (bicyclic) bond motifs is 1. The monoisotopic (exact) mass is 310 g/mol. The fourth-order valence-electron chi connectivity index (χ4n) is 3.26. The van der Waals surface area contributed by atoms with Crippen molar-refractivity contribution in [3.8, 4) is 5.75 Å². The predicted molar refractivity (Wildman–Crippen MR) is 96.9 cm³/mol. The van der Waals surface area contributed by atoms with Gasteiger partial charge in [-0.15, -0.1) is 0 Å². The van der Waals surface area contributed by atoms with Crippen LogP contribution in [0.4, 0.5) is 0 Å². The molecular formula is C21H26O2. The van der Waals surface area contributed by atoms with E-state index in [4.69, 9.17) is 9.15 Å². The molecule has 1 aliphatic carbocycles. The molecule has 0 aliphatic heterocycles. The number of aryl methyl sites for hydroxylation is 1. The van der Waals surface area contributed by atoms with Gasteiger partial charge >= 0.3 is 0 Å². The highest BCUT2D eigenvalue weighted by Gasteiger charge is 2.15. The summed E-state index contributed by atoms with van der Waals surface area (Å²) in [7, 11) is 0. The Bertz CT molecular complexity index is 715. The number of furan rings is 1. The van der Waals surface area contributed by atoms with Gasteiger partial charge in [0.1, 0.15) is 17.1 Å². The molecule has 1 aromatic heterocycles. The van der Waals surface area contributed by atoms with E-state index in [9.17, 15) is 0 Å². The van der Waals surface area contributed by atoms with Crippen LogP contribution >= 0.6 is 0 Å². The van der Waals surface area contributed by atoms with Gasteiger partial charge in [0.25, 0.3) is 0 Å². The summed E-state index contributed by atoms with van der Waals surface area (Å²) in [5.41, 5.74) is 3.14. The summed E-state index contributed by atoms with van der Waals surface area (Å²) in [6, 6.07) is 6.25. The summed E-state index contributed by atoms with van der Waals surface area (Å²) < 4.78 is 12.0. The SMILES string of the molecule is C=C/C(C)=C\c1cc2cc(OCC3CCCCC3)c(C)cc2o1. The molecule has 0 spiro atoms. The minimum atomic E-state index is 0.719. The van der Waals surface area contributed by atoms with Crippen LogP contribution in [0.25, 0.3) is 17.0 Å². The first-order chi connectivity index (χ1) is 11.2. The zero-order valence-corrected chi connectivity index (χ0v) is 14.2. The molecule has 0 bridgehead atoms. The number of ether oxygens (including phenoxy) is 1. The molecule has 0 unspecified atom stereocenters. The molecule has 1 aliphatic rings. The first-order valence-corrected chi connectivity index (χ1v) is 8.63. The second kappa shape index (κ2) is 7.08. The van der Waals surface area contributed by atoms with Gasteiger partial charge in [0.2, 0.25) is 0 Å². The van der Waals surface area contributed by atoms with E-state index in [1.165, 1.54) is 32.1 Å². The van der Waals surface area contributed by atoms with Gasteiger partial charge in [0.15, 0.2) is 0 Å². The smallest absolute Gasteiger partial charge is 0.135 e. The fraction of sp³-hybridized carbons (Fsp3) is 0.429. The molecule has 122 valence electrons. The molecule has 3 rings (SSSR count). The van der Waals surface area contributed by atoms with Crippen LogP contribution in [0.3, 0.4) is 0 Å². The predicted octanol–water partition coefficient (Wildman–Crippen LogP) is 6.29. The van der Waals surface area contributed by atoms with Gasteiger partial charge in [-0.05, 0) is 68.0 Å². The molecule has 2 heteroatoms. The van der Waals surface area contributed by atoms with Gasteiger partial charge in [0, 0.05) is 5.39 Å². The number of rotatable bonds is 5. The van der Waals surface area contributed by atoms with Crippen LogP contribution in [0.5, 0.6) is 5.75 Å². The summed E-state index contributed by atoms with van der Waals surface area (Å²) in [6.07, 6.45) is 10.5. The van der Waals surface area contributed by atoms with E-state index in [1.54, 1.807) is 0 Å². The van der Waals surface area contributed by atoms with Gasteiger partial charge in [-0.2, -0.15) is 0 Å². The topological polar surface area (TPSA) is 22.4 Å². The van der Waals surface area contributed by atoms with Crippen LogP contribution in [0.2, 0.25) is 0 Å². The summed E-state index contributed by atoms with van der Waals surface area (Å²) in [5, 5.41) is 1.09. The molecule has 1 aromatic carbocycles. The fourth-order valence-corrected chi connectivity index (χ4v) is 3.26. The molecule has 0 N–H and O–H groups in total. The largest absolute Gasteiger partial charge is 0.493 e. The second-order valence-corrected chi connectivity index (χ2v) is 6.71. The van der Waals surface area contributed by atoms with E-state index >= 15 is 0 Å². The third kappa shape index (κ3) is 3.87. The highest BCUT2D eigenvalue weighted by Crippen LogP contribution is 2.30. The van der Waals surface area contributed by atoms with E-state index in [0.717, 1.165) is 46.1 Å². The number of hydrogen-bond donors (Lipinski definition) is 0. The van der Waals surface area contributed by atoms with Gasteiger partial charge in [0.05, 0.1) is 6.61 Å². The maximum absolute atomic E-state index is 6.12. The van der Waals surface area contributed by atoms with E-state index in [2.05, 4.69) is 31.7 Å². The number of hydrogen-bond acceptors (Lipinski definition) is 2. The first kappa shape index (κ1) is 15.9. The zero-order chi connectivity index (χ0) is 16.2. The standard InChI is InChI=1S/C21H26O2/c1-4-15(2)10-19-12-18-13-20(16(3)11-21(18)23-19)22-14-17-8-6-5-7-9-17/h4,10-13,17H,1,5-9,14H2,2-3H3/b15-10-. The summed E-state index contributed by atoms with van der Waals surface area (Å²) in [5.74, 6) is 2.57. The lowest BCUT2D eigenvalue weighted by Gasteiger charge is -2.22. The number of allylic oxidation sites excluding steroid dienone is 2. The van der Waals surface area contributed by atoms with Crippen LogP contribution in [-0.4, -0.2) is 6.61 Å². The molecule has 0 atom stereocenters. The number of benzene rings is 1. The average Bonchev–Trinajstić information content (AvgIpc) is 2.94. The third-order valence-electron chi connectivity index (χ3n) is 4.72. The lowest BCUT2D eigenvalue weighted by molar-refractivity contribution is 0.208. The summed E-state index contributed by atoms with van der Waals surface area (Å²) in [6.45, 7) is 8.72. The molecule has 1 heterocycles. The molecule has 0 saturated heterocycles. The molecule has 0 amide bonds. The van der Waals surface area contributed by atoms with Crippen molar-refractivity contribution in [1.29, 1.82) is 0 Å². The Labute approximate surface area is 138 Å². The highest BCUT2D eigenvalue weighted by molar-refractivity contribution is 5.82. The minimum absolute atomic E-state index is 0.719. The second-order valence-electron chi connectivity index (χ2n) is 6.71. The van der Waals surface area contributed by atoms with Crippen molar-refractivity contribution in [2.45, 2.75) is 46.0 Å². The summed E-state index contributed by atoms with van der Waals surface area (Å²) in [4.78, 5) is 0. The van der Waals surface area contributed by atoms with Crippen LogP contribution in [0.15, 0.2) is 40.8 Å². The van der Waals surface area contributed by atoms with E-state index in [1.807, 2.05) is 19.1 Å². The van der Waals surface area contributed by atoms with Crippen molar-refractivity contribution in [3.05, 3.63) is 47.8 Å². The van der Waals surface area contributed by atoms with Crippen molar-refractivity contribution in [1.82, 2.24) is 0 Å². The molecule has 2 aromatic rings. The zero-order valence-electron chi connectivity index (χ0n) is 14.2.